The summed E-state index contributed by atoms with van der Waals surface area (Å²) in [6, 6.07) is 12.4. The summed E-state index contributed by atoms with van der Waals surface area (Å²) in [5.41, 5.74) is -0.974. The van der Waals surface area contributed by atoms with Gasteiger partial charge in [-0.2, -0.15) is 13.2 Å². The second-order valence-electron chi connectivity index (χ2n) is 6.82. The Kier molecular flexibility index (Phi) is 7.68. The molecule has 0 aliphatic heterocycles. The maximum absolute atomic E-state index is 12.7. The number of hydrogen-bond donors (Lipinski definition) is 2. The number of hydrogen-bond acceptors (Lipinski definition) is 6. The number of thiophene rings is 1. The van der Waals surface area contributed by atoms with E-state index < -0.39 is 39.7 Å². The van der Waals surface area contributed by atoms with Crippen molar-refractivity contribution in [1.82, 2.24) is 0 Å². The van der Waals surface area contributed by atoms with Crippen LogP contribution >= 0.6 is 27.3 Å². The molecular formula is C21H16BrF3N2O5S2. The highest BCUT2D eigenvalue weighted by Crippen LogP contribution is 2.30. The number of sulfonamides is 1. The van der Waals surface area contributed by atoms with Gasteiger partial charge in [-0.1, -0.05) is 12.1 Å². The molecule has 1 amide bonds. The van der Waals surface area contributed by atoms with E-state index in [-0.39, 0.29) is 21.1 Å². The van der Waals surface area contributed by atoms with Crippen molar-refractivity contribution in [2.45, 2.75) is 23.4 Å². The topological polar surface area (TPSA) is 102 Å². The van der Waals surface area contributed by atoms with E-state index in [0.717, 1.165) is 35.6 Å². The molecule has 0 radical (unpaired) electrons. The van der Waals surface area contributed by atoms with E-state index in [9.17, 15) is 31.2 Å². The fourth-order valence-electron chi connectivity index (χ4n) is 2.65. The van der Waals surface area contributed by atoms with Crippen molar-refractivity contribution in [2.24, 2.45) is 0 Å². The molecule has 1 heterocycles. The number of para-hydroxylation sites is 1. The zero-order valence-electron chi connectivity index (χ0n) is 17.2. The monoisotopic (exact) mass is 576 g/mol. The summed E-state index contributed by atoms with van der Waals surface area (Å²) in [5, 5.41) is 2.36. The molecule has 1 unspecified atom stereocenters. The molecule has 7 nitrogen and oxygen atoms in total. The Labute approximate surface area is 205 Å². The van der Waals surface area contributed by atoms with E-state index in [4.69, 9.17) is 4.74 Å². The van der Waals surface area contributed by atoms with Gasteiger partial charge in [-0.25, -0.2) is 13.2 Å². The number of ether oxygens (including phenoxy) is 1. The Balaban J connectivity index is 1.69. The Bertz CT molecular complexity index is 1310. The highest BCUT2D eigenvalue weighted by molar-refractivity contribution is 9.11. The van der Waals surface area contributed by atoms with Crippen LogP contribution in [0.2, 0.25) is 0 Å². The number of benzene rings is 2. The molecule has 0 aliphatic carbocycles. The Morgan fingerprint density at radius 2 is 1.68 bits per heavy atom. The third kappa shape index (κ3) is 6.36. The van der Waals surface area contributed by atoms with Crippen LogP contribution in [-0.4, -0.2) is 26.4 Å². The maximum atomic E-state index is 12.7. The van der Waals surface area contributed by atoms with E-state index in [1.807, 2.05) is 0 Å². The number of anilines is 2. The molecule has 0 spiro atoms. The van der Waals surface area contributed by atoms with Gasteiger partial charge in [0, 0.05) is 5.69 Å². The first kappa shape index (κ1) is 25.7. The lowest BCUT2D eigenvalue weighted by atomic mass is 10.2. The van der Waals surface area contributed by atoms with Crippen LogP contribution in [0, 0.1) is 0 Å². The average Bonchev–Trinajstić information content (AvgIpc) is 3.21. The molecule has 3 aromatic rings. The first-order valence-electron chi connectivity index (χ1n) is 9.43. The Hall–Kier alpha value is -2.90. The lowest BCUT2D eigenvalue weighted by Crippen LogP contribution is -2.30. The van der Waals surface area contributed by atoms with Gasteiger partial charge in [0.15, 0.2) is 6.10 Å². The lowest BCUT2D eigenvalue weighted by molar-refractivity contribution is -0.137. The van der Waals surface area contributed by atoms with Crippen molar-refractivity contribution >= 4 is 60.5 Å². The Morgan fingerprint density at radius 3 is 2.26 bits per heavy atom. The predicted molar refractivity (Wildman–Crippen MR) is 124 cm³/mol. The standard InChI is InChI=1S/C21H16BrF3N2O5S2/c1-12(19(28)26-14-8-6-13(7-9-14)21(23,24)25)32-20(29)15-4-2-3-5-16(15)27-34(30,31)18-11-10-17(22)33-18/h2-12,27H,1H3,(H,26,28). The number of carbonyl (C=O) groups is 2. The summed E-state index contributed by atoms with van der Waals surface area (Å²) in [7, 11) is -3.98. The van der Waals surface area contributed by atoms with Crippen LogP contribution < -0.4 is 10.0 Å². The van der Waals surface area contributed by atoms with Crippen LogP contribution in [-0.2, 0) is 25.7 Å². The van der Waals surface area contributed by atoms with E-state index in [0.29, 0.717) is 3.79 Å². The van der Waals surface area contributed by atoms with Crippen LogP contribution in [0.15, 0.2) is 68.7 Å². The van der Waals surface area contributed by atoms with Gasteiger partial charge in [0.1, 0.15) is 4.21 Å². The zero-order chi connectivity index (χ0) is 25.1. The molecule has 180 valence electrons. The highest BCUT2D eigenvalue weighted by atomic mass is 79.9. The summed E-state index contributed by atoms with van der Waals surface area (Å²) in [6.45, 7) is 1.27. The molecule has 0 saturated heterocycles. The number of rotatable bonds is 7. The van der Waals surface area contributed by atoms with Gasteiger partial charge in [0.25, 0.3) is 15.9 Å². The SMILES string of the molecule is CC(OC(=O)c1ccccc1NS(=O)(=O)c1ccc(Br)s1)C(=O)Nc1ccc(C(F)(F)F)cc1. The van der Waals surface area contributed by atoms with Gasteiger partial charge < -0.3 is 10.1 Å². The fraction of sp³-hybridized carbons (Fsp3) is 0.143. The average molecular weight is 577 g/mol. The molecule has 0 fully saturated rings. The molecular weight excluding hydrogens is 561 g/mol. The summed E-state index contributed by atoms with van der Waals surface area (Å²) in [4.78, 5) is 25.0. The van der Waals surface area contributed by atoms with Crippen molar-refractivity contribution in [1.29, 1.82) is 0 Å². The number of alkyl halides is 3. The van der Waals surface area contributed by atoms with Crippen molar-refractivity contribution in [3.05, 3.63) is 75.6 Å². The quantitative estimate of drug-likeness (QED) is 0.361. The van der Waals surface area contributed by atoms with Crippen LogP contribution in [0.5, 0.6) is 0 Å². The highest BCUT2D eigenvalue weighted by Gasteiger charge is 2.30. The van der Waals surface area contributed by atoms with E-state index >= 15 is 0 Å². The molecule has 2 N–H and O–H groups in total. The van der Waals surface area contributed by atoms with Crippen molar-refractivity contribution in [3.63, 3.8) is 0 Å². The van der Waals surface area contributed by atoms with Crippen LogP contribution in [0.1, 0.15) is 22.8 Å². The fourth-order valence-corrected chi connectivity index (χ4v) is 5.74. The normalized spacial score (nSPS) is 12.6. The second kappa shape index (κ2) is 10.2. The number of carbonyl (C=O) groups excluding carboxylic acids is 2. The van der Waals surface area contributed by atoms with Gasteiger partial charge in [-0.3, -0.25) is 9.52 Å². The summed E-state index contributed by atoms with van der Waals surface area (Å²) < 4.78 is 71.3. The van der Waals surface area contributed by atoms with E-state index in [2.05, 4.69) is 26.0 Å². The lowest BCUT2D eigenvalue weighted by Gasteiger charge is -2.16. The maximum Gasteiger partial charge on any atom is 0.416 e. The van der Waals surface area contributed by atoms with Crippen molar-refractivity contribution < 1.29 is 35.9 Å². The van der Waals surface area contributed by atoms with Gasteiger partial charge in [-0.15, -0.1) is 11.3 Å². The summed E-state index contributed by atoms with van der Waals surface area (Å²) >= 11 is 4.17. The molecule has 34 heavy (non-hydrogen) atoms. The first-order chi connectivity index (χ1) is 15.9. The molecule has 0 aliphatic rings. The van der Waals surface area contributed by atoms with Crippen LogP contribution in [0.3, 0.4) is 0 Å². The molecule has 2 aromatic carbocycles. The van der Waals surface area contributed by atoms with Gasteiger partial charge in [0.05, 0.1) is 20.6 Å². The molecule has 0 bridgehead atoms. The van der Waals surface area contributed by atoms with Crippen LogP contribution in [0.4, 0.5) is 24.5 Å². The van der Waals surface area contributed by atoms with Gasteiger partial charge in [-0.05, 0) is 71.4 Å². The number of esters is 1. The molecule has 0 saturated carbocycles. The minimum atomic E-state index is -4.51. The Morgan fingerprint density at radius 1 is 1.03 bits per heavy atom. The summed E-state index contributed by atoms with van der Waals surface area (Å²) in [6.07, 6.45) is -5.84. The number of amides is 1. The van der Waals surface area contributed by atoms with Gasteiger partial charge in [0.2, 0.25) is 0 Å². The molecule has 3 rings (SSSR count). The largest absolute Gasteiger partial charge is 0.449 e. The number of nitrogens with one attached hydrogen (secondary N) is 2. The smallest absolute Gasteiger partial charge is 0.416 e. The predicted octanol–water partition coefficient (Wildman–Crippen LogP) is 5.51. The molecule has 13 heteroatoms. The zero-order valence-corrected chi connectivity index (χ0v) is 20.4. The van der Waals surface area contributed by atoms with E-state index in [1.165, 1.54) is 37.3 Å². The number of halogens is 4. The minimum Gasteiger partial charge on any atom is -0.449 e. The summed E-state index contributed by atoms with van der Waals surface area (Å²) in [5.74, 6) is -1.75. The second-order valence-corrected chi connectivity index (χ2v) is 11.2. The minimum absolute atomic E-state index is 0.0202. The van der Waals surface area contributed by atoms with Crippen molar-refractivity contribution in [2.75, 3.05) is 10.0 Å². The van der Waals surface area contributed by atoms with Crippen LogP contribution in [0.25, 0.3) is 0 Å². The molecule has 1 aromatic heterocycles. The molecule has 1 atom stereocenters. The third-order valence-corrected chi connectivity index (χ3v) is 7.82. The third-order valence-electron chi connectivity index (χ3n) is 4.34. The first-order valence-corrected chi connectivity index (χ1v) is 12.5. The van der Waals surface area contributed by atoms with E-state index in [1.54, 1.807) is 6.07 Å². The van der Waals surface area contributed by atoms with Crippen molar-refractivity contribution in [3.8, 4) is 0 Å². The van der Waals surface area contributed by atoms with Gasteiger partial charge >= 0.3 is 12.1 Å².